The van der Waals surface area contributed by atoms with Crippen LogP contribution < -0.4 is 5.32 Å². The fourth-order valence-electron chi connectivity index (χ4n) is 2.38. The zero-order valence-electron chi connectivity index (χ0n) is 8.50. The normalized spacial score (nSPS) is 33.6. The molecule has 1 fully saturated rings. The zero-order valence-corrected chi connectivity index (χ0v) is 8.50. The van der Waals surface area contributed by atoms with Gasteiger partial charge in [-0.15, -0.1) is 0 Å². The molecule has 0 bridgehead atoms. The second kappa shape index (κ2) is 4.25. The van der Waals surface area contributed by atoms with Crippen molar-refractivity contribution in [1.29, 1.82) is 0 Å². The number of rotatable bonds is 3. The van der Waals surface area contributed by atoms with Crippen molar-refractivity contribution >= 4 is 0 Å². The number of nitrogens with one attached hydrogen (secondary N) is 1. The van der Waals surface area contributed by atoms with Gasteiger partial charge in [-0.1, -0.05) is 25.5 Å². The Morgan fingerprint density at radius 1 is 1.38 bits per heavy atom. The third-order valence-electron chi connectivity index (χ3n) is 3.22. The molecule has 0 amide bonds. The highest BCUT2D eigenvalue weighted by atomic mass is 15.3. The van der Waals surface area contributed by atoms with E-state index in [1.165, 1.54) is 32.2 Å². The van der Waals surface area contributed by atoms with Crippen molar-refractivity contribution in [2.75, 3.05) is 13.2 Å². The number of hydrogen-bond acceptors (Lipinski definition) is 2. The van der Waals surface area contributed by atoms with Crippen LogP contribution in [-0.2, 0) is 0 Å². The quantitative estimate of drug-likeness (QED) is 0.665. The predicted octanol–water partition coefficient (Wildman–Crippen LogP) is 1.74. The minimum atomic E-state index is 0.738. The maximum absolute atomic E-state index is 3.59. The van der Waals surface area contributed by atoms with Gasteiger partial charge >= 0.3 is 0 Å². The van der Waals surface area contributed by atoms with Gasteiger partial charge < -0.3 is 0 Å². The van der Waals surface area contributed by atoms with Gasteiger partial charge in [0.25, 0.3) is 0 Å². The summed E-state index contributed by atoms with van der Waals surface area (Å²) >= 11 is 0. The Kier molecular flexibility index (Phi) is 3.01. The molecule has 0 radical (unpaired) electrons. The molecule has 0 saturated carbocycles. The Morgan fingerprint density at radius 2 is 2.23 bits per heavy atom. The van der Waals surface area contributed by atoms with E-state index in [4.69, 9.17) is 0 Å². The van der Waals surface area contributed by atoms with Crippen molar-refractivity contribution in [2.45, 2.75) is 44.7 Å². The van der Waals surface area contributed by atoms with Crippen molar-refractivity contribution < 1.29 is 0 Å². The second-order valence-corrected chi connectivity index (χ2v) is 4.14. The summed E-state index contributed by atoms with van der Waals surface area (Å²) in [5.74, 6) is 0. The van der Waals surface area contributed by atoms with Crippen molar-refractivity contribution in [3.63, 3.8) is 0 Å². The van der Waals surface area contributed by atoms with Gasteiger partial charge in [-0.05, 0) is 25.8 Å². The summed E-state index contributed by atoms with van der Waals surface area (Å²) in [5.41, 5.74) is 0. The molecule has 1 saturated heterocycles. The van der Waals surface area contributed by atoms with Crippen molar-refractivity contribution in [1.82, 2.24) is 10.2 Å². The van der Waals surface area contributed by atoms with Crippen LogP contribution in [0.3, 0.4) is 0 Å². The molecule has 0 spiro atoms. The molecule has 2 unspecified atom stereocenters. The minimum absolute atomic E-state index is 0.738. The fourth-order valence-corrected chi connectivity index (χ4v) is 2.38. The highest BCUT2D eigenvalue weighted by molar-refractivity contribution is 5.04. The maximum Gasteiger partial charge on any atom is 0.0486 e. The molecule has 13 heavy (non-hydrogen) atoms. The first kappa shape index (κ1) is 9.22. The highest BCUT2D eigenvalue weighted by Gasteiger charge is 2.32. The molecule has 74 valence electrons. The van der Waals surface area contributed by atoms with Gasteiger partial charge in [0.2, 0.25) is 0 Å². The summed E-state index contributed by atoms with van der Waals surface area (Å²) in [5, 5.41) is 3.59. The average molecular weight is 180 g/mol. The van der Waals surface area contributed by atoms with Gasteiger partial charge in [0, 0.05) is 18.8 Å². The molecule has 2 nitrogen and oxygen atoms in total. The standard InChI is InChI=1S/C11H20N2/c1-2-3-8-13-9-12-10-6-4-5-7-11(10)13/h4-5,10-12H,2-3,6-9H2,1H3. The lowest BCUT2D eigenvalue weighted by atomic mass is 9.97. The summed E-state index contributed by atoms with van der Waals surface area (Å²) in [4.78, 5) is 2.61. The highest BCUT2D eigenvalue weighted by Crippen LogP contribution is 2.22. The summed E-state index contributed by atoms with van der Waals surface area (Å²) in [7, 11) is 0. The lowest BCUT2D eigenvalue weighted by Crippen LogP contribution is -2.37. The first-order chi connectivity index (χ1) is 6.42. The van der Waals surface area contributed by atoms with Gasteiger partial charge in [0.05, 0.1) is 0 Å². The maximum atomic E-state index is 3.59. The third-order valence-corrected chi connectivity index (χ3v) is 3.22. The van der Waals surface area contributed by atoms with Crippen molar-refractivity contribution in [3.05, 3.63) is 12.2 Å². The van der Waals surface area contributed by atoms with Crippen LogP contribution in [0.15, 0.2) is 12.2 Å². The average Bonchev–Trinajstić information content (AvgIpc) is 2.58. The third kappa shape index (κ3) is 1.94. The van der Waals surface area contributed by atoms with Crippen LogP contribution in [0.2, 0.25) is 0 Å². The van der Waals surface area contributed by atoms with Gasteiger partial charge in [-0.2, -0.15) is 0 Å². The molecule has 0 aromatic rings. The molecule has 1 heterocycles. The summed E-state index contributed by atoms with van der Waals surface area (Å²) in [6.45, 7) is 4.65. The molecule has 2 heteroatoms. The van der Waals surface area contributed by atoms with E-state index in [0.717, 1.165) is 18.8 Å². The van der Waals surface area contributed by atoms with Crippen molar-refractivity contribution in [2.24, 2.45) is 0 Å². The van der Waals surface area contributed by atoms with Gasteiger partial charge in [-0.3, -0.25) is 10.2 Å². The van der Waals surface area contributed by atoms with E-state index in [-0.39, 0.29) is 0 Å². The molecular weight excluding hydrogens is 160 g/mol. The first-order valence-electron chi connectivity index (χ1n) is 5.54. The van der Waals surface area contributed by atoms with E-state index in [0.29, 0.717) is 0 Å². The number of hydrogen-bond donors (Lipinski definition) is 1. The predicted molar refractivity (Wildman–Crippen MR) is 55.6 cm³/mol. The zero-order chi connectivity index (χ0) is 9.10. The van der Waals surface area contributed by atoms with E-state index in [1.807, 2.05) is 0 Å². The minimum Gasteiger partial charge on any atom is -0.300 e. The van der Waals surface area contributed by atoms with Crippen LogP contribution in [0.25, 0.3) is 0 Å². The Hall–Kier alpha value is -0.340. The Bertz CT molecular complexity index is 189. The lowest BCUT2D eigenvalue weighted by molar-refractivity contribution is 0.237. The van der Waals surface area contributed by atoms with Gasteiger partial charge in [0.15, 0.2) is 0 Å². The molecule has 1 aliphatic carbocycles. The SMILES string of the molecule is CCCCN1CNC2CC=CCC21. The van der Waals surface area contributed by atoms with E-state index in [1.54, 1.807) is 0 Å². The molecule has 1 N–H and O–H groups in total. The largest absolute Gasteiger partial charge is 0.300 e. The van der Waals surface area contributed by atoms with Gasteiger partial charge in [-0.25, -0.2) is 0 Å². The monoisotopic (exact) mass is 180 g/mol. The van der Waals surface area contributed by atoms with E-state index >= 15 is 0 Å². The Balaban J connectivity index is 1.88. The molecule has 0 aromatic heterocycles. The molecule has 2 rings (SSSR count). The summed E-state index contributed by atoms with van der Waals surface area (Å²) < 4.78 is 0. The summed E-state index contributed by atoms with van der Waals surface area (Å²) in [6, 6.07) is 1.53. The van der Waals surface area contributed by atoms with E-state index < -0.39 is 0 Å². The molecule has 2 aliphatic rings. The smallest absolute Gasteiger partial charge is 0.0486 e. The van der Waals surface area contributed by atoms with Crippen LogP contribution >= 0.6 is 0 Å². The van der Waals surface area contributed by atoms with Crippen LogP contribution in [0, 0.1) is 0 Å². The Morgan fingerprint density at radius 3 is 3.08 bits per heavy atom. The molecule has 1 aliphatic heterocycles. The van der Waals surface area contributed by atoms with E-state index in [9.17, 15) is 0 Å². The van der Waals surface area contributed by atoms with Crippen LogP contribution in [0.1, 0.15) is 32.6 Å². The number of unbranched alkanes of at least 4 members (excludes halogenated alkanes) is 1. The molecule has 0 aromatic carbocycles. The van der Waals surface area contributed by atoms with Crippen molar-refractivity contribution in [3.8, 4) is 0 Å². The lowest BCUT2D eigenvalue weighted by Gasteiger charge is -2.27. The summed E-state index contributed by atoms with van der Waals surface area (Å²) in [6.07, 6.45) is 9.79. The van der Waals surface area contributed by atoms with Gasteiger partial charge in [0.1, 0.15) is 0 Å². The Labute approximate surface area is 81.0 Å². The van der Waals surface area contributed by atoms with Crippen LogP contribution in [0.4, 0.5) is 0 Å². The number of nitrogens with zero attached hydrogens (tertiary/aromatic N) is 1. The first-order valence-corrected chi connectivity index (χ1v) is 5.54. The topological polar surface area (TPSA) is 15.3 Å². The van der Waals surface area contributed by atoms with Crippen LogP contribution in [-0.4, -0.2) is 30.2 Å². The second-order valence-electron chi connectivity index (χ2n) is 4.14. The molecule has 2 atom stereocenters. The van der Waals surface area contributed by atoms with E-state index in [2.05, 4.69) is 29.3 Å². The number of fused-ring (bicyclic) bond motifs is 1. The molecular formula is C11H20N2. The van der Waals surface area contributed by atoms with Crippen LogP contribution in [0.5, 0.6) is 0 Å². The fraction of sp³-hybridized carbons (Fsp3) is 0.818.